The number of rotatable bonds is 6. The zero-order valence-electron chi connectivity index (χ0n) is 16.3. The number of benzene rings is 1. The molecule has 0 radical (unpaired) electrons. The fraction of sp³-hybridized carbons (Fsp3) is 0.714. The molecule has 0 aliphatic carbocycles. The quantitative estimate of drug-likeness (QED) is 0.841. The first-order chi connectivity index (χ1) is 12.6. The highest BCUT2D eigenvalue weighted by molar-refractivity contribution is 5.16. The van der Waals surface area contributed by atoms with Gasteiger partial charge in [0, 0.05) is 50.9 Å². The van der Waals surface area contributed by atoms with E-state index in [1.165, 1.54) is 38.1 Å². The van der Waals surface area contributed by atoms with E-state index in [4.69, 9.17) is 0 Å². The molecule has 5 heteroatoms. The summed E-state index contributed by atoms with van der Waals surface area (Å²) >= 11 is 0. The predicted molar refractivity (Wildman–Crippen MR) is 104 cm³/mol. The van der Waals surface area contributed by atoms with Gasteiger partial charge in [0.2, 0.25) is 0 Å². The van der Waals surface area contributed by atoms with Crippen LogP contribution in [0.25, 0.3) is 0 Å². The molecule has 1 unspecified atom stereocenters. The molecule has 1 N–H and O–H groups in total. The third-order valence-electron chi connectivity index (χ3n) is 6.14. The van der Waals surface area contributed by atoms with E-state index in [0.29, 0.717) is 18.1 Å². The Morgan fingerprint density at radius 1 is 1.08 bits per heavy atom. The first kappa shape index (κ1) is 19.7. The number of aliphatic hydroxyl groups excluding tert-OH is 1. The Morgan fingerprint density at radius 3 is 2.38 bits per heavy atom. The summed E-state index contributed by atoms with van der Waals surface area (Å²) in [4.78, 5) is 7.69. The van der Waals surface area contributed by atoms with Crippen molar-refractivity contribution in [2.24, 2.45) is 0 Å². The maximum atomic E-state index is 13.1. The van der Waals surface area contributed by atoms with Crippen LogP contribution >= 0.6 is 0 Å². The molecule has 26 heavy (non-hydrogen) atoms. The molecule has 2 aliphatic heterocycles. The minimum atomic E-state index is -0.182. The number of piperidine rings is 1. The van der Waals surface area contributed by atoms with Crippen LogP contribution in [0.2, 0.25) is 0 Å². The van der Waals surface area contributed by atoms with Crippen molar-refractivity contribution in [2.75, 3.05) is 39.3 Å². The fourth-order valence-corrected chi connectivity index (χ4v) is 4.47. The molecular formula is C21H34FN3O. The van der Waals surface area contributed by atoms with E-state index in [-0.39, 0.29) is 12.4 Å². The van der Waals surface area contributed by atoms with Crippen molar-refractivity contribution in [3.63, 3.8) is 0 Å². The molecule has 146 valence electrons. The lowest BCUT2D eigenvalue weighted by Crippen LogP contribution is -2.57. The molecular weight excluding hydrogens is 329 g/mol. The van der Waals surface area contributed by atoms with Gasteiger partial charge in [-0.3, -0.25) is 9.80 Å². The normalized spacial score (nSPS) is 24.4. The maximum Gasteiger partial charge on any atom is 0.123 e. The molecule has 0 aromatic heterocycles. The number of hydrogen-bond acceptors (Lipinski definition) is 4. The first-order valence-electron chi connectivity index (χ1n) is 10.1. The van der Waals surface area contributed by atoms with Gasteiger partial charge in [-0.2, -0.15) is 0 Å². The van der Waals surface area contributed by atoms with Gasteiger partial charge in [0.1, 0.15) is 5.82 Å². The van der Waals surface area contributed by atoms with E-state index in [0.717, 1.165) is 38.2 Å². The summed E-state index contributed by atoms with van der Waals surface area (Å²) in [5.74, 6) is -0.182. The van der Waals surface area contributed by atoms with E-state index in [2.05, 4.69) is 28.5 Å². The van der Waals surface area contributed by atoms with Crippen molar-refractivity contribution in [1.82, 2.24) is 14.7 Å². The molecule has 0 amide bonds. The molecule has 1 atom stereocenters. The Bertz CT molecular complexity index is 543. The van der Waals surface area contributed by atoms with Gasteiger partial charge in [-0.15, -0.1) is 0 Å². The topological polar surface area (TPSA) is 30.0 Å². The fourth-order valence-electron chi connectivity index (χ4n) is 4.47. The molecule has 4 nitrogen and oxygen atoms in total. The average Bonchev–Trinajstić information content (AvgIpc) is 2.65. The van der Waals surface area contributed by atoms with Crippen LogP contribution in [0.5, 0.6) is 0 Å². The summed E-state index contributed by atoms with van der Waals surface area (Å²) in [6.07, 6.45) is 3.31. The Balaban J connectivity index is 1.56. The van der Waals surface area contributed by atoms with Gasteiger partial charge in [0.15, 0.2) is 0 Å². The second-order valence-electron chi connectivity index (χ2n) is 8.12. The molecule has 3 rings (SSSR count). The van der Waals surface area contributed by atoms with Crippen molar-refractivity contribution >= 4 is 0 Å². The Hall–Kier alpha value is -1.01. The van der Waals surface area contributed by atoms with E-state index in [9.17, 15) is 9.50 Å². The molecule has 0 saturated carbocycles. The smallest absolute Gasteiger partial charge is 0.123 e. The lowest BCUT2D eigenvalue weighted by molar-refractivity contribution is 0.00988. The highest BCUT2D eigenvalue weighted by Crippen LogP contribution is 2.23. The molecule has 2 aliphatic rings. The highest BCUT2D eigenvalue weighted by Gasteiger charge is 2.32. The summed E-state index contributed by atoms with van der Waals surface area (Å²) in [7, 11) is 0. The van der Waals surface area contributed by atoms with Crippen LogP contribution in [0.4, 0.5) is 4.39 Å². The molecule has 2 saturated heterocycles. The van der Waals surface area contributed by atoms with Crippen molar-refractivity contribution in [2.45, 2.75) is 57.8 Å². The van der Waals surface area contributed by atoms with E-state index in [1.54, 1.807) is 0 Å². The van der Waals surface area contributed by atoms with Gasteiger partial charge in [0.05, 0.1) is 0 Å². The van der Waals surface area contributed by atoms with Crippen LogP contribution in [-0.4, -0.2) is 77.3 Å². The van der Waals surface area contributed by atoms with Gasteiger partial charge < -0.3 is 10.0 Å². The Labute approximate surface area is 157 Å². The van der Waals surface area contributed by atoms with Crippen LogP contribution in [0.3, 0.4) is 0 Å². The monoisotopic (exact) mass is 363 g/mol. The molecule has 2 heterocycles. The minimum absolute atomic E-state index is 0.182. The van der Waals surface area contributed by atoms with Gasteiger partial charge in [0.25, 0.3) is 0 Å². The summed E-state index contributed by atoms with van der Waals surface area (Å²) in [6.45, 7) is 11.2. The zero-order valence-corrected chi connectivity index (χ0v) is 16.3. The summed E-state index contributed by atoms with van der Waals surface area (Å²) in [5.41, 5.74) is 1.15. The second-order valence-corrected chi connectivity index (χ2v) is 8.12. The van der Waals surface area contributed by atoms with E-state index < -0.39 is 0 Å². The third-order valence-corrected chi connectivity index (χ3v) is 6.14. The number of nitrogens with zero attached hydrogens (tertiary/aromatic N) is 3. The van der Waals surface area contributed by atoms with Gasteiger partial charge >= 0.3 is 0 Å². The summed E-state index contributed by atoms with van der Waals surface area (Å²) in [6, 6.07) is 8.52. The van der Waals surface area contributed by atoms with Crippen molar-refractivity contribution < 1.29 is 9.50 Å². The van der Waals surface area contributed by atoms with Crippen LogP contribution < -0.4 is 0 Å². The van der Waals surface area contributed by atoms with Gasteiger partial charge in [-0.1, -0.05) is 12.1 Å². The number of aliphatic hydroxyl groups is 1. The van der Waals surface area contributed by atoms with Crippen molar-refractivity contribution in [3.05, 3.63) is 35.6 Å². The molecule has 0 spiro atoms. The molecule has 2 fully saturated rings. The standard InChI is InChI=1S/C21H34FN3O/c1-17(2)23-10-7-20(8-11-23)25-13-12-24(21(16-25)9-14-26)15-18-3-5-19(22)6-4-18/h3-6,17,20-21,26H,7-16H2,1-2H3. The average molecular weight is 364 g/mol. The largest absolute Gasteiger partial charge is 0.396 e. The summed E-state index contributed by atoms with van der Waals surface area (Å²) in [5, 5.41) is 9.53. The number of hydrogen-bond donors (Lipinski definition) is 1. The van der Waals surface area contributed by atoms with Crippen molar-refractivity contribution in [3.8, 4) is 0 Å². The second kappa shape index (κ2) is 9.27. The Morgan fingerprint density at radius 2 is 1.77 bits per heavy atom. The first-order valence-corrected chi connectivity index (χ1v) is 10.1. The minimum Gasteiger partial charge on any atom is -0.396 e. The number of halogens is 1. The number of likely N-dealkylation sites (tertiary alicyclic amines) is 1. The van der Waals surface area contributed by atoms with E-state index >= 15 is 0 Å². The summed E-state index contributed by atoms with van der Waals surface area (Å²) < 4.78 is 13.1. The van der Waals surface area contributed by atoms with E-state index in [1.807, 2.05) is 12.1 Å². The lowest BCUT2D eigenvalue weighted by Gasteiger charge is -2.47. The van der Waals surface area contributed by atoms with Crippen molar-refractivity contribution in [1.29, 1.82) is 0 Å². The van der Waals surface area contributed by atoms with Gasteiger partial charge in [-0.25, -0.2) is 4.39 Å². The van der Waals surface area contributed by atoms with Crippen LogP contribution in [-0.2, 0) is 6.54 Å². The maximum absolute atomic E-state index is 13.1. The molecule has 1 aromatic rings. The predicted octanol–water partition coefficient (Wildman–Crippen LogP) is 2.57. The molecule has 0 bridgehead atoms. The van der Waals surface area contributed by atoms with Crippen LogP contribution in [0, 0.1) is 5.82 Å². The lowest BCUT2D eigenvalue weighted by atomic mass is 9.98. The van der Waals surface area contributed by atoms with Gasteiger partial charge in [-0.05, 0) is 63.9 Å². The third kappa shape index (κ3) is 5.03. The zero-order chi connectivity index (χ0) is 18.5. The van der Waals surface area contributed by atoms with Crippen LogP contribution in [0.1, 0.15) is 38.7 Å². The SMILES string of the molecule is CC(C)N1CCC(N2CCN(Cc3ccc(F)cc3)C(CCO)C2)CC1. The Kier molecular flexibility index (Phi) is 7.04. The molecule has 1 aromatic carbocycles. The van der Waals surface area contributed by atoms with Crippen LogP contribution in [0.15, 0.2) is 24.3 Å². The number of piperazine rings is 1. The highest BCUT2D eigenvalue weighted by atomic mass is 19.1.